The molecule has 148 valence electrons. The number of hydrogen-bond donors (Lipinski definition) is 0. The molecule has 2 heterocycles. The van der Waals surface area contributed by atoms with E-state index in [1.807, 2.05) is 49.4 Å². The average molecular weight is 403 g/mol. The molecule has 0 N–H and O–H groups in total. The van der Waals surface area contributed by atoms with Gasteiger partial charge < -0.3 is 4.42 Å². The first-order valence-electron chi connectivity index (χ1n) is 10.2. The highest BCUT2D eigenvalue weighted by Gasteiger charge is 2.15. The fraction of sp³-hybridized carbons (Fsp3) is 0.0357. The van der Waals surface area contributed by atoms with E-state index in [-0.39, 0.29) is 5.82 Å². The quantitative estimate of drug-likeness (QED) is 0.275. The van der Waals surface area contributed by atoms with Gasteiger partial charge in [0.05, 0.1) is 5.69 Å². The summed E-state index contributed by atoms with van der Waals surface area (Å²) in [7, 11) is 0. The van der Waals surface area contributed by atoms with E-state index in [9.17, 15) is 4.39 Å². The summed E-state index contributed by atoms with van der Waals surface area (Å²) in [5, 5.41) is 4.55. The van der Waals surface area contributed by atoms with E-state index in [1.54, 1.807) is 12.3 Å². The molecule has 0 saturated carbocycles. The zero-order chi connectivity index (χ0) is 20.9. The van der Waals surface area contributed by atoms with Gasteiger partial charge in [-0.25, -0.2) is 4.39 Å². The zero-order valence-electron chi connectivity index (χ0n) is 16.9. The fourth-order valence-corrected chi connectivity index (χ4v) is 4.47. The molecule has 0 fully saturated rings. The van der Waals surface area contributed by atoms with E-state index in [2.05, 4.69) is 30.3 Å². The number of rotatable bonds is 2. The Bertz CT molecular complexity index is 1600. The van der Waals surface area contributed by atoms with Crippen LogP contribution in [-0.2, 0) is 0 Å². The fourth-order valence-electron chi connectivity index (χ4n) is 4.47. The van der Waals surface area contributed by atoms with Crippen molar-refractivity contribution in [3.05, 3.63) is 103 Å². The van der Waals surface area contributed by atoms with Crippen molar-refractivity contribution in [2.75, 3.05) is 0 Å². The second kappa shape index (κ2) is 6.78. The number of benzene rings is 4. The Morgan fingerprint density at radius 1 is 0.710 bits per heavy atom. The first-order valence-corrected chi connectivity index (χ1v) is 10.2. The summed E-state index contributed by atoms with van der Waals surface area (Å²) in [6.45, 7) is 1.96. The Labute approximate surface area is 178 Å². The molecule has 0 unspecified atom stereocenters. The molecule has 0 radical (unpaired) electrons. The van der Waals surface area contributed by atoms with Gasteiger partial charge in [0.1, 0.15) is 17.2 Å². The van der Waals surface area contributed by atoms with Crippen molar-refractivity contribution >= 4 is 32.5 Å². The maximum atomic E-state index is 14.3. The third-order valence-electron chi connectivity index (χ3n) is 5.85. The molecule has 3 heteroatoms. The minimum absolute atomic E-state index is 0.209. The minimum Gasteiger partial charge on any atom is -0.461 e. The van der Waals surface area contributed by atoms with E-state index in [0.717, 1.165) is 55.3 Å². The van der Waals surface area contributed by atoms with E-state index in [0.29, 0.717) is 5.39 Å². The number of hydrogen-bond acceptors (Lipinski definition) is 2. The second-order valence-corrected chi connectivity index (χ2v) is 7.82. The third kappa shape index (κ3) is 2.82. The van der Waals surface area contributed by atoms with Crippen LogP contribution >= 0.6 is 0 Å². The van der Waals surface area contributed by atoms with Crippen molar-refractivity contribution in [3.8, 4) is 22.4 Å². The highest BCUT2D eigenvalue weighted by Crippen LogP contribution is 2.38. The largest absolute Gasteiger partial charge is 0.461 e. The third-order valence-corrected chi connectivity index (χ3v) is 5.85. The van der Waals surface area contributed by atoms with Gasteiger partial charge in [0.25, 0.3) is 0 Å². The molecule has 0 bridgehead atoms. The topological polar surface area (TPSA) is 26.0 Å². The lowest BCUT2D eigenvalue weighted by Crippen LogP contribution is -1.90. The lowest BCUT2D eigenvalue weighted by Gasteiger charge is -2.11. The molecule has 2 nitrogen and oxygen atoms in total. The molecule has 0 aliphatic rings. The van der Waals surface area contributed by atoms with E-state index >= 15 is 0 Å². The first-order chi connectivity index (χ1) is 15.2. The number of aromatic nitrogens is 1. The molecule has 0 atom stereocenters. The molecule has 6 aromatic rings. The van der Waals surface area contributed by atoms with Gasteiger partial charge in [-0.2, -0.15) is 0 Å². The maximum Gasteiger partial charge on any atom is 0.142 e. The van der Waals surface area contributed by atoms with Crippen molar-refractivity contribution in [2.24, 2.45) is 0 Å². The van der Waals surface area contributed by atoms with Crippen LogP contribution in [0.1, 0.15) is 5.76 Å². The van der Waals surface area contributed by atoms with Crippen LogP contribution in [0.4, 0.5) is 4.39 Å². The normalized spacial score (nSPS) is 11.5. The number of furan rings is 1. The summed E-state index contributed by atoms with van der Waals surface area (Å²) in [4.78, 5) is 4.73. The Morgan fingerprint density at radius 3 is 2.39 bits per heavy atom. The molecule has 4 aromatic carbocycles. The molecular weight excluding hydrogens is 385 g/mol. The maximum absolute atomic E-state index is 14.3. The molecule has 0 aliphatic heterocycles. The molecule has 2 aromatic heterocycles. The van der Waals surface area contributed by atoms with Crippen LogP contribution in [0, 0.1) is 12.7 Å². The van der Waals surface area contributed by atoms with Gasteiger partial charge in [-0.3, -0.25) is 4.98 Å². The summed E-state index contributed by atoms with van der Waals surface area (Å²) in [6, 6.07) is 27.5. The lowest BCUT2D eigenvalue weighted by molar-refractivity contribution is 0.579. The average Bonchev–Trinajstić information content (AvgIpc) is 3.18. The zero-order valence-corrected chi connectivity index (χ0v) is 16.9. The number of aryl methyl sites for hydroxylation is 1. The van der Waals surface area contributed by atoms with Crippen LogP contribution in [0.5, 0.6) is 0 Å². The predicted molar refractivity (Wildman–Crippen MR) is 125 cm³/mol. The second-order valence-electron chi connectivity index (χ2n) is 7.82. The van der Waals surface area contributed by atoms with Crippen molar-refractivity contribution in [3.63, 3.8) is 0 Å². The minimum atomic E-state index is -0.209. The Balaban J connectivity index is 1.67. The Hall–Kier alpha value is -3.98. The van der Waals surface area contributed by atoms with Crippen LogP contribution in [0.2, 0.25) is 0 Å². The molecular formula is C28H18FNO. The van der Waals surface area contributed by atoms with Crippen LogP contribution in [0.25, 0.3) is 54.9 Å². The molecule has 0 saturated heterocycles. The van der Waals surface area contributed by atoms with E-state index in [4.69, 9.17) is 9.40 Å². The van der Waals surface area contributed by atoms with Crippen LogP contribution in [0.3, 0.4) is 0 Å². The summed E-state index contributed by atoms with van der Waals surface area (Å²) in [5.41, 5.74) is 4.89. The molecule has 0 aliphatic carbocycles. The highest BCUT2D eigenvalue weighted by molar-refractivity contribution is 6.12. The number of pyridine rings is 1. The van der Waals surface area contributed by atoms with Crippen LogP contribution < -0.4 is 0 Å². The summed E-state index contributed by atoms with van der Waals surface area (Å²) >= 11 is 0. The summed E-state index contributed by atoms with van der Waals surface area (Å²) in [5.74, 6) is 0.663. The molecule has 0 spiro atoms. The van der Waals surface area contributed by atoms with E-state index in [1.165, 1.54) is 6.07 Å². The number of fused-ring (bicyclic) bond motifs is 4. The number of nitrogens with zero attached hydrogens (tertiary/aromatic N) is 1. The Kier molecular flexibility index (Phi) is 3.90. The van der Waals surface area contributed by atoms with Gasteiger partial charge in [0.15, 0.2) is 0 Å². The standard InChI is InChI=1S/C28H18FNO/c1-17-14-20-15-19(16-25(28(20)31-17)18-6-3-2-4-7-18)27-24-11-10-23-21(8-5-9-26(23)29)22(24)12-13-30-27/h2-16H,1H3. The van der Waals surface area contributed by atoms with Crippen LogP contribution in [-0.4, -0.2) is 4.98 Å². The monoisotopic (exact) mass is 403 g/mol. The number of halogens is 1. The van der Waals surface area contributed by atoms with Gasteiger partial charge in [-0.15, -0.1) is 0 Å². The highest BCUT2D eigenvalue weighted by atomic mass is 19.1. The molecule has 31 heavy (non-hydrogen) atoms. The van der Waals surface area contributed by atoms with Gasteiger partial charge >= 0.3 is 0 Å². The van der Waals surface area contributed by atoms with E-state index < -0.39 is 0 Å². The smallest absolute Gasteiger partial charge is 0.142 e. The van der Waals surface area contributed by atoms with Gasteiger partial charge in [-0.05, 0) is 53.6 Å². The summed E-state index contributed by atoms with van der Waals surface area (Å²) in [6.07, 6.45) is 1.80. The van der Waals surface area contributed by atoms with Gasteiger partial charge in [-0.1, -0.05) is 54.6 Å². The predicted octanol–water partition coefficient (Wildman–Crippen LogP) is 7.92. The van der Waals surface area contributed by atoms with Gasteiger partial charge in [0.2, 0.25) is 0 Å². The molecule has 6 rings (SSSR count). The SMILES string of the molecule is Cc1cc2cc(-c3nccc4c3ccc3c(F)cccc34)cc(-c3ccccc3)c2o1. The summed E-state index contributed by atoms with van der Waals surface area (Å²) < 4.78 is 20.4. The van der Waals surface area contributed by atoms with Crippen LogP contribution in [0.15, 0.2) is 95.5 Å². The Morgan fingerprint density at radius 2 is 1.52 bits per heavy atom. The van der Waals surface area contributed by atoms with Crippen molar-refractivity contribution in [1.29, 1.82) is 0 Å². The molecule has 0 amide bonds. The first kappa shape index (κ1) is 17.8. The lowest BCUT2D eigenvalue weighted by atomic mass is 9.95. The van der Waals surface area contributed by atoms with Crippen molar-refractivity contribution < 1.29 is 8.81 Å². The van der Waals surface area contributed by atoms with Gasteiger partial charge in [0, 0.05) is 33.5 Å². The van der Waals surface area contributed by atoms with Crippen molar-refractivity contribution in [1.82, 2.24) is 4.98 Å². The van der Waals surface area contributed by atoms with Crippen molar-refractivity contribution in [2.45, 2.75) is 6.92 Å².